The summed E-state index contributed by atoms with van der Waals surface area (Å²) >= 11 is 0. The van der Waals surface area contributed by atoms with E-state index in [4.69, 9.17) is 9.47 Å². The molecule has 2 atom stereocenters. The van der Waals surface area contributed by atoms with E-state index in [2.05, 4.69) is 10.6 Å². The topological polar surface area (TPSA) is 93.7 Å². The summed E-state index contributed by atoms with van der Waals surface area (Å²) in [6.07, 6.45) is -0.314. The van der Waals surface area contributed by atoms with Crippen molar-refractivity contribution in [2.75, 3.05) is 14.2 Å². The quantitative estimate of drug-likeness (QED) is 0.638. The van der Waals surface area contributed by atoms with Gasteiger partial charge in [0.2, 0.25) is 11.8 Å². The number of hydrogen-bond acceptors (Lipinski definition) is 5. The predicted octanol–water partition coefficient (Wildman–Crippen LogP) is 2.05. The minimum Gasteiger partial charge on any atom is -0.497 e. The molecule has 0 radical (unpaired) electrons. The highest BCUT2D eigenvalue weighted by molar-refractivity contribution is 5.91. The Kier molecular flexibility index (Phi) is 7.85. The first kappa shape index (κ1) is 22.8. The second-order valence-corrected chi connectivity index (χ2v) is 6.48. The number of amides is 2. The van der Waals surface area contributed by atoms with Crippen LogP contribution in [0.2, 0.25) is 0 Å². The van der Waals surface area contributed by atoms with E-state index in [1.54, 1.807) is 24.3 Å². The van der Waals surface area contributed by atoms with Crippen LogP contribution in [0.25, 0.3) is 0 Å². The van der Waals surface area contributed by atoms with Gasteiger partial charge in [0.05, 0.1) is 20.6 Å². The SMILES string of the molecule is COC(=O)C(NC(=O)[C@H](C)NC(=O)Cc1cc(F)cc(F)c1)c1ccc(OC)cc1. The number of carbonyl (C=O) groups excluding carboxylic acids is 3. The van der Waals surface area contributed by atoms with Gasteiger partial charge in [0.1, 0.15) is 23.4 Å². The van der Waals surface area contributed by atoms with E-state index in [0.717, 1.165) is 12.1 Å². The smallest absolute Gasteiger partial charge is 0.333 e. The lowest BCUT2D eigenvalue weighted by Crippen LogP contribution is -2.47. The second-order valence-electron chi connectivity index (χ2n) is 6.48. The molecule has 0 aliphatic rings. The average molecular weight is 420 g/mol. The molecule has 0 saturated heterocycles. The molecule has 0 aliphatic heterocycles. The van der Waals surface area contributed by atoms with Gasteiger partial charge in [0.25, 0.3) is 0 Å². The predicted molar refractivity (Wildman–Crippen MR) is 104 cm³/mol. The van der Waals surface area contributed by atoms with Crippen LogP contribution in [0.1, 0.15) is 24.1 Å². The van der Waals surface area contributed by atoms with Crippen molar-refractivity contribution in [3.63, 3.8) is 0 Å². The fourth-order valence-corrected chi connectivity index (χ4v) is 2.72. The van der Waals surface area contributed by atoms with Crippen LogP contribution in [-0.2, 0) is 25.5 Å². The molecule has 160 valence electrons. The van der Waals surface area contributed by atoms with Gasteiger partial charge >= 0.3 is 5.97 Å². The number of methoxy groups -OCH3 is 2. The van der Waals surface area contributed by atoms with Crippen molar-refractivity contribution in [1.29, 1.82) is 0 Å². The molecular weight excluding hydrogens is 398 g/mol. The van der Waals surface area contributed by atoms with E-state index in [1.165, 1.54) is 21.1 Å². The van der Waals surface area contributed by atoms with Crippen molar-refractivity contribution >= 4 is 17.8 Å². The average Bonchev–Trinajstić information content (AvgIpc) is 2.70. The van der Waals surface area contributed by atoms with E-state index in [9.17, 15) is 23.2 Å². The number of carbonyl (C=O) groups is 3. The zero-order chi connectivity index (χ0) is 22.3. The Hall–Kier alpha value is -3.49. The summed E-state index contributed by atoms with van der Waals surface area (Å²) in [5.74, 6) is -2.97. The molecule has 0 aromatic heterocycles. The molecule has 0 bridgehead atoms. The van der Waals surface area contributed by atoms with E-state index >= 15 is 0 Å². The molecule has 2 rings (SSSR count). The van der Waals surface area contributed by atoms with Crippen LogP contribution in [-0.4, -0.2) is 38.0 Å². The Balaban J connectivity index is 2.03. The highest BCUT2D eigenvalue weighted by Gasteiger charge is 2.26. The maximum Gasteiger partial charge on any atom is 0.333 e. The van der Waals surface area contributed by atoms with Crippen LogP contribution in [0.5, 0.6) is 5.75 Å². The first-order valence-corrected chi connectivity index (χ1v) is 9.00. The van der Waals surface area contributed by atoms with E-state index < -0.39 is 41.5 Å². The molecule has 2 aromatic carbocycles. The fourth-order valence-electron chi connectivity index (χ4n) is 2.72. The van der Waals surface area contributed by atoms with Crippen molar-refractivity contribution in [3.8, 4) is 5.75 Å². The molecule has 0 aliphatic carbocycles. The maximum absolute atomic E-state index is 13.2. The normalized spacial score (nSPS) is 12.4. The zero-order valence-corrected chi connectivity index (χ0v) is 16.7. The van der Waals surface area contributed by atoms with Gasteiger partial charge < -0.3 is 20.1 Å². The lowest BCUT2D eigenvalue weighted by atomic mass is 10.1. The molecule has 30 heavy (non-hydrogen) atoms. The number of hydrogen-bond donors (Lipinski definition) is 2. The lowest BCUT2D eigenvalue weighted by molar-refractivity contribution is -0.145. The van der Waals surface area contributed by atoms with Gasteiger partial charge in [0, 0.05) is 6.07 Å². The summed E-state index contributed by atoms with van der Waals surface area (Å²) in [5.41, 5.74) is 0.591. The number of esters is 1. The lowest BCUT2D eigenvalue weighted by Gasteiger charge is -2.20. The third-order valence-electron chi connectivity index (χ3n) is 4.23. The standard InChI is InChI=1S/C21H22F2N2O5/c1-12(24-18(26)10-13-8-15(22)11-16(23)9-13)20(27)25-19(21(28)30-3)14-4-6-17(29-2)7-5-14/h4-9,11-12,19H,10H2,1-3H3,(H,24,26)(H,25,27)/t12-,19?/m0/s1. The van der Waals surface area contributed by atoms with Gasteiger partial charge in [-0.05, 0) is 42.3 Å². The van der Waals surface area contributed by atoms with Crippen LogP contribution in [0.4, 0.5) is 8.78 Å². The Bertz CT molecular complexity index is 898. The summed E-state index contributed by atoms with van der Waals surface area (Å²) in [4.78, 5) is 36.7. The van der Waals surface area contributed by atoms with Crippen LogP contribution >= 0.6 is 0 Å². The first-order chi connectivity index (χ1) is 14.2. The minimum atomic E-state index is -1.09. The molecule has 1 unspecified atom stereocenters. The number of benzene rings is 2. The molecule has 0 heterocycles. The maximum atomic E-state index is 13.2. The monoisotopic (exact) mass is 420 g/mol. The number of nitrogens with one attached hydrogen (secondary N) is 2. The summed E-state index contributed by atoms with van der Waals surface area (Å²) < 4.78 is 36.3. The Labute approximate surface area is 172 Å². The Morgan fingerprint density at radius 3 is 2.10 bits per heavy atom. The highest BCUT2D eigenvalue weighted by Crippen LogP contribution is 2.19. The third kappa shape index (κ3) is 6.26. The summed E-state index contributed by atoms with van der Waals surface area (Å²) in [6.45, 7) is 1.42. The first-order valence-electron chi connectivity index (χ1n) is 9.00. The molecule has 0 saturated carbocycles. The van der Waals surface area contributed by atoms with Crippen molar-refractivity contribution in [2.24, 2.45) is 0 Å². The van der Waals surface area contributed by atoms with Crippen LogP contribution in [0.15, 0.2) is 42.5 Å². The molecular formula is C21H22F2N2O5. The molecule has 2 N–H and O–H groups in total. The van der Waals surface area contributed by atoms with Gasteiger partial charge in [-0.2, -0.15) is 0 Å². The summed E-state index contributed by atoms with van der Waals surface area (Å²) in [7, 11) is 2.69. The number of halogens is 2. The molecule has 7 nitrogen and oxygen atoms in total. The van der Waals surface area contributed by atoms with E-state index in [-0.39, 0.29) is 12.0 Å². The van der Waals surface area contributed by atoms with Gasteiger partial charge in [-0.15, -0.1) is 0 Å². The fraction of sp³-hybridized carbons (Fsp3) is 0.286. The summed E-state index contributed by atoms with van der Waals surface area (Å²) in [6, 6.07) is 7.11. The summed E-state index contributed by atoms with van der Waals surface area (Å²) in [5, 5.41) is 4.95. The van der Waals surface area contributed by atoms with Crippen LogP contribution in [0, 0.1) is 11.6 Å². The molecule has 0 fully saturated rings. The Morgan fingerprint density at radius 1 is 0.967 bits per heavy atom. The van der Waals surface area contributed by atoms with Crippen molar-refractivity contribution in [1.82, 2.24) is 10.6 Å². The Morgan fingerprint density at radius 2 is 1.57 bits per heavy atom. The van der Waals surface area contributed by atoms with Gasteiger partial charge in [-0.25, -0.2) is 13.6 Å². The number of ether oxygens (including phenoxy) is 2. The van der Waals surface area contributed by atoms with Crippen LogP contribution in [0.3, 0.4) is 0 Å². The van der Waals surface area contributed by atoms with Crippen molar-refractivity contribution < 1.29 is 32.6 Å². The molecule has 2 aromatic rings. The molecule has 2 amide bonds. The third-order valence-corrected chi connectivity index (χ3v) is 4.23. The largest absolute Gasteiger partial charge is 0.497 e. The van der Waals surface area contributed by atoms with Crippen LogP contribution < -0.4 is 15.4 Å². The molecule has 9 heteroatoms. The van der Waals surface area contributed by atoms with Crippen molar-refractivity contribution in [2.45, 2.75) is 25.4 Å². The van der Waals surface area contributed by atoms with E-state index in [0.29, 0.717) is 17.4 Å². The van der Waals surface area contributed by atoms with E-state index in [1.807, 2.05) is 0 Å². The van der Waals surface area contributed by atoms with Gasteiger partial charge in [-0.1, -0.05) is 12.1 Å². The second kappa shape index (κ2) is 10.3. The zero-order valence-electron chi connectivity index (χ0n) is 16.7. The van der Waals surface area contributed by atoms with Gasteiger partial charge in [0.15, 0.2) is 6.04 Å². The highest BCUT2D eigenvalue weighted by atomic mass is 19.1. The molecule has 0 spiro atoms. The van der Waals surface area contributed by atoms with Gasteiger partial charge in [-0.3, -0.25) is 9.59 Å². The minimum absolute atomic E-state index is 0.128. The van der Waals surface area contributed by atoms with Crippen molar-refractivity contribution in [3.05, 3.63) is 65.2 Å². The number of rotatable bonds is 8.